The molecule has 8 heteroatoms. The van der Waals surface area contributed by atoms with Crippen LogP contribution in [0.3, 0.4) is 0 Å². The quantitative estimate of drug-likeness (QED) is 0.635. The van der Waals surface area contributed by atoms with Crippen molar-refractivity contribution in [3.8, 4) is 0 Å². The first-order valence-corrected chi connectivity index (χ1v) is 6.44. The number of nitro groups is 1. The SMILES string of the molecule is CCC(C)N(CC(=O)O)c1ncc([N+](=O)[O-])cc1Br. The molecule has 19 heavy (non-hydrogen) atoms. The van der Waals surface area contributed by atoms with Gasteiger partial charge in [-0.3, -0.25) is 14.9 Å². The van der Waals surface area contributed by atoms with Gasteiger partial charge in [0.05, 0.1) is 9.40 Å². The predicted octanol–water partition coefficient (Wildman–Crippen LogP) is 2.44. The molecule has 1 aromatic heterocycles. The van der Waals surface area contributed by atoms with Crippen molar-refractivity contribution in [2.75, 3.05) is 11.4 Å². The standard InChI is InChI=1S/C11H14BrN3O4/c1-3-7(2)14(6-10(16)17)11-9(12)4-8(5-13-11)15(18)19/h4-5,7H,3,6H2,1-2H3,(H,16,17). The zero-order valence-corrected chi connectivity index (χ0v) is 12.1. The van der Waals surface area contributed by atoms with Crippen LogP contribution in [0.15, 0.2) is 16.7 Å². The molecule has 1 aromatic rings. The van der Waals surface area contributed by atoms with Crippen LogP contribution < -0.4 is 4.90 Å². The van der Waals surface area contributed by atoms with E-state index in [0.717, 1.165) is 12.6 Å². The summed E-state index contributed by atoms with van der Waals surface area (Å²) in [6, 6.07) is 1.28. The summed E-state index contributed by atoms with van der Waals surface area (Å²) in [5.74, 6) is -0.588. The summed E-state index contributed by atoms with van der Waals surface area (Å²) in [5, 5.41) is 19.6. The second-order valence-electron chi connectivity index (χ2n) is 4.03. The van der Waals surface area contributed by atoms with Crippen molar-refractivity contribution in [2.24, 2.45) is 0 Å². The summed E-state index contributed by atoms with van der Waals surface area (Å²) >= 11 is 3.20. The molecule has 1 unspecified atom stereocenters. The number of hydrogen-bond acceptors (Lipinski definition) is 5. The van der Waals surface area contributed by atoms with Gasteiger partial charge >= 0.3 is 5.97 Å². The van der Waals surface area contributed by atoms with Crippen molar-refractivity contribution in [3.05, 3.63) is 26.9 Å². The molecule has 0 fully saturated rings. The minimum atomic E-state index is -0.979. The summed E-state index contributed by atoms with van der Waals surface area (Å²) in [7, 11) is 0. The van der Waals surface area contributed by atoms with Gasteiger partial charge in [0.2, 0.25) is 0 Å². The van der Waals surface area contributed by atoms with E-state index >= 15 is 0 Å². The molecular weight excluding hydrogens is 318 g/mol. The molecule has 7 nitrogen and oxygen atoms in total. The maximum atomic E-state index is 10.9. The highest BCUT2D eigenvalue weighted by molar-refractivity contribution is 9.10. The van der Waals surface area contributed by atoms with Gasteiger partial charge < -0.3 is 10.0 Å². The Morgan fingerprint density at radius 3 is 2.74 bits per heavy atom. The average molecular weight is 332 g/mol. The molecule has 104 valence electrons. The molecule has 0 saturated carbocycles. The van der Waals surface area contributed by atoms with E-state index in [1.807, 2.05) is 13.8 Å². The van der Waals surface area contributed by atoms with E-state index < -0.39 is 10.9 Å². The lowest BCUT2D eigenvalue weighted by atomic mass is 10.2. The molecule has 0 aliphatic rings. The highest BCUT2D eigenvalue weighted by Crippen LogP contribution is 2.29. The second kappa shape index (κ2) is 6.46. The zero-order valence-electron chi connectivity index (χ0n) is 10.5. The van der Waals surface area contributed by atoms with E-state index in [1.165, 1.54) is 6.07 Å². The van der Waals surface area contributed by atoms with Crippen molar-refractivity contribution in [2.45, 2.75) is 26.3 Å². The molecule has 0 saturated heterocycles. The van der Waals surface area contributed by atoms with Crippen molar-refractivity contribution in [1.82, 2.24) is 4.98 Å². The van der Waals surface area contributed by atoms with Gasteiger partial charge in [-0.2, -0.15) is 0 Å². The lowest BCUT2D eigenvalue weighted by Gasteiger charge is -2.28. The Morgan fingerprint density at radius 1 is 1.68 bits per heavy atom. The van der Waals surface area contributed by atoms with Crippen molar-refractivity contribution in [1.29, 1.82) is 0 Å². The highest BCUT2D eigenvalue weighted by atomic mass is 79.9. The number of pyridine rings is 1. The largest absolute Gasteiger partial charge is 0.480 e. The van der Waals surface area contributed by atoms with E-state index in [4.69, 9.17) is 5.11 Å². The Kier molecular flexibility index (Phi) is 5.22. The van der Waals surface area contributed by atoms with E-state index in [1.54, 1.807) is 4.90 Å². The van der Waals surface area contributed by atoms with Gasteiger partial charge in [0.25, 0.3) is 5.69 Å². The summed E-state index contributed by atoms with van der Waals surface area (Å²) in [4.78, 5) is 26.6. The van der Waals surface area contributed by atoms with E-state index in [2.05, 4.69) is 20.9 Å². The summed E-state index contributed by atoms with van der Waals surface area (Å²) in [5.41, 5.74) is -0.143. The zero-order chi connectivity index (χ0) is 14.6. The van der Waals surface area contributed by atoms with Crippen molar-refractivity contribution < 1.29 is 14.8 Å². The molecular formula is C11H14BrN3O4. The van der Waals surface area contributed by atoms with Gasteiger partial charge in [0.15, 0.2) is 0 Å². The van der Waals surface area contributed by atoms with Gasteiger partial charge in [0.1, 0.15) is 18.6 Å². The van der Waals surface area contributed by atoms with Gasteiger partial charge in [-0.15, -0.1) is 0 Å². The molecule has 1 N–H and O–H groups in total. The number of carbonyl (C=O) groups is 1. The fourth-order valence-electron chi connectivity index (χ4n) is 1.54. The number of nitrogens with zero attached hydrogens (tertiary/aromatic N) is 3. The van der Waals surface area contributed by atoms with Crippen LogP contribution in [0.1, 0.15) is 20.3 Å². The predicted molar refractivity (Wildman–Crippen MR) is 73.3 cm³/mol. The Hall–Kier alpha value is -1.70. The normalized spacial score (nSPS) is 11.9. The molecule has 0 aliphatic carbocycles. The van der Waals surface area contributed by atoms with Crippen molar-refractivity contribution in [3.63, 3.8) is 0 Å². The molecule has 0 aromatic carbocycles. The molecule has 0 bridgehead atoms. The summed E-state index contributed by atoms with van der Waals surface area (Å²) in [6.45, 7) is 3.59. The van der Waals surface area contributed by atoms with Gasteiger partial charge in [-0.1, -0.05) is 6.92 Å². The van der Waals surface area contributed by atoms with Crippen LogP contribution in [0.4, 0.5) is 11.5 Å². The second-order valence-corrected chi connectivity index (χ2v) is 4.89. The first-order valence-electron chi connectivity index (χ1n) is 5.65. The maximum Gasteiger partial charge on any atom is 0.323 e. The monoisotopic (exact) mass is 331 g/mol. The van der Waals surface area contributed by atoms with Crippen LogP contribution in [0.5, 0.6) is 0 Å². The summed E-state index contributed by atoms with van der Waals surface area (Å²) < 4.78 is 0.406. The van der Waals surface area contributed by atoms with E-state index in [9.17, 15) is 14.9 Å². The topological polar surface area (TPSA) is 96.6 Å². The smallest absolute Gasteiger partial charge is 0.323 e. The third kappa shape index (κ3) is 3.88. The number of carboxylic acid groups (broad SMARTS) is 1. The van der Waals surface area contributed by atoms with E-state index in [-0.39, 0.29) is 18.3 Å². The highest BCUT2D eigenvalue weighted by Gasteiger charge is 2.21. The Bertz CT molecular complexity index is 495. The maximum absolute atomic E-state index is 10.9. The first kappa shape index (κ1) is 15.4. The molecule has 1 rings (SSSR count). The minimum absolute atomic E-state index is 0.0404. The van der Waals surface area contributed by atoms with Crippen LogP contribution in [0.2, 0.25) is 0 Å². The number of aromatic nitrogens is 1. The third-order valence-corrected chi connectivity index (χ3v) is 3.30. The number of carboxylic acids is 1. The number of anilines is 1. The fraction of sp³-hybridized carbons (Fsp3) is 0.455. The average Bonchev–Trinajstić information content (AvgIpc) is 2.35. The fourth-order valence-corrected chi connectivity index (χ4v) is 2.10. The molecule has 1 atom stereocenters. The first-order chi connectivity index (χ1) is 8.86. The van der Waals surface area contributed by atoms with Crippen LogP contribution in [0.25, 0.3) is 0 Å². The van der Waals surface area contributed by atoms with Crippen molar-refractivity contribution >= 4 is 33.4 Å². The van der Waals surface area contributed by atoms with Crippen LogP contribution in [-0.4, -0.2) is 33.6 Å². The van der Waals surface area contributed by atoms with Gasteiger partial charge in [0, 0.05) is 12.1 Å². The molecule has 0 aliphatic heterocycles. The molecule has 0 amide bonds. The Labute approximate surface area is 118 Å². The molecule has 0 spiro atoms. The van der Waals surface area contributed by atoms with E-state index in [0.29, 0.717) is 10.3 Å². The number of rotatable bonds is 6. The van der Waals surface area contributed by atoms with Crippen LogP contribution in [0, 0.1) is 10.1 Å². The Balaban J connectivity index is 3.15. The third-order valence-electron chi connectivity index (χ3n) is 2.72. The van der Waals surface area contributed by atoms with Gasteiger partial charge in [-0.05, 0) is 29.3 Å². The summed E-state index contributed by atoms with van der Waals surface area (Å²) in [6.07, 6.45) is 1.86. The van der Waals surface area contributed by atoms with Crippen LogP contribution >= 0.6 is 15.9 Å². The number of aliphatic carboxylic acids is 1. The lowest BCUT2D eigenvalue weighted by Crippen LogP contribution is -2.38. The minimum Gasteiger partial charge on any atom is -0.480 e. The van der Waals surface area contributed by atoms with Crippen LogP contribution in [-0.2, 0) is 4.79 Å². The van der Waals surface area contributed by atoms with Gasteiger partial charge in [-0.25, -0.2) is 4.98 Å². The Morgan fingerprint density at radius 2 is 2.32 bits per heavy atom. The molecule has 1 heterocycles. The lowest BCUT2D eigenvalue weighted by molar-refractivity contribution is -0.385. The number of hydrogen-bond donors (Lipinski definition) is 1. The molecule has 0 radical (unpaired) electrons. The number of halogens is 1.